The largest absolute Gasteiger partial charge is 0.378 e. The Kier molecular flexibility index (Phi) is 4.19. The van der Waals surface area contributed by atoms with Crippen molar-refractivity contribution in [3.63, 3.8) is 0 Å². The van der Waals surface area contributed by atoms with Gasteiger partial charge in [0.2, 0.25) is 5.95 Å². The van der Waals surface area contributed by atoms with Gasteiger partial charge in [-0.15, -0.1) is 0 Å². The SMILES string of the molecule is CCCNc1nc(NCC2CCOC2C)c2[nH]cnc2n1. The summed E-state index contributed by atoms with van der Waals surface area (Å²) in [5, 5.41) is 6.63. The van der Waals surface area contributed by atoms with Crippen molar-refractivity contribution >= 4 is 22.9 Å². The van der Waals surface area contributed by atoms with E-state index >= 15 is 0 Å². The highest BCUT2D eigenvalue weighted by Crippen LogP contribution is 2.23. The highest BCUT2D eigenvalue weighted by Gasteiger charge is 2.24. The molecular formula is C14H22N6O. The molecule has 114 valence electrons. The third kappa shape index (κ3) is 3.07. The average Bonchev–Trinajstić information content (AvgIpc) is 3.11. The lowest BCUT2D eigenvalue weighted by atomic mass is 10.0. The van der Waals surface area contributed by atoms with E-state index < -0.39 is 0 Å². The summed E-state index contributed by atoms with van der Waals surface area (Å²) in [6, 6.07) is 0. The smallest absolute Gasteiger partial charge is 0.226 e. The number of anilines is 2. The number of imidazole rings is 1. The van der Waals surface area contributed by atoms with Gasteiger partial charge in [0.25, 0.3) is 0 Å². The molecule has 1 aliphatic heterocycles. The molecule has 7 heteroatoms. The Morgan fingerprint density at radius 3 is 3.05 bits per heavy atom. The summed E-state index contributed by atoms with van der Waals surface area (Å²) in [6.07, 6.45) is 4.07. The number of hydrogen-bond acceptors (Lipinski definition) is 6. The standard InChI is InChI=1S/C14H22N6O/c1-3-5-15-14-19-12(11-13(20-14)18-8-17-11)16-7-10-4-6-21-9(10)2/h8-10H,3-7H2,1-2H3,(H3,15,16,17,18,19,20). The Hall–Kier alpha value is -1.89. The molecule has 1 fully saturated rings. The van der Waals surface area contributed by atoms with E-state index in [1.54, 1.807) is 6.33 Å². The molecular weight excluding hydrogens is 268 g/mol. The summed E-state index contributed by atoms with van der Waals surface area (Å²) in [5.74, 6) is 1.94. The van der Waals surface area contributed by atoms with Crippen LogP contribution in [0.5, 0.6) is 0 Å². The van der Waals surface area contributed by atoms with Crippen molar-refractivity contribution in [2.75, 3.05) is 30.3 Å². The zero-order chi connectivity index (χ0) is 14.7. The summed E-state index contributed by atoms with van der Waals surface area (Å²) < 4.78 is 5.60. The number of aromatic nitrogens is 4. The maximum absolute atomic E-state index is 5.60. The molecule has 2 aromatic heterocycles. The van der Waals surface area contributed by atoms with Crippen LogP contribution >= 0.6 is 0 Å². The Bertz CT molecular complexity index is 598. The maximum Gasteiger partial charge on any atom is 0.226 e. The van der Waals surface area contributed by atoms with E-state index in [4.69, 9.17) is 4.74 Å². The number of rotatable bonds is 6. The van der Waals surface area contributed by atoms with E-state index in [-0.39, 0.29) is 0 Å². The van der Waals surface area contributed by atoms with Crippen LogP contribution in [0.25, 0.3) is 11.2 Å². The third-order valence-electron chi connectivity index (χ3n) is 3.88. The number of fused-ring (bicyclic) bond motifs is 1. The minimum Gasteiger partial charge on any atom is -0.378 e. The molecule has 3 N–H and O–H groups in total. The Balaban J connectivity index is 1.77. The van der Waals surface area contributed by atoms with Crippen molar-refractivity contribution in [1.29, 1.82) is 0 Å². The monoisotopic (exact) mass is 290 g/mol. The molecule has 2 aromatic rings. The van der Waals surface area contributed by atoms with Crippen LogP contribution in [0.2, 0.25) is 0 Å². The molecule has 3 rings (SSSR count). The lowest BCUT2D eigenvalue weighted by molar-refractivity contribution is 0.108. The topological polar surface area (TPSA) is 87.8 Å². The lowest BCUT2D eigenvalue weighted by Crippen LogP contribution is -2.21. The number of aromatic amines is 1. The predicted octanol–water partition coefficient (Wildman–Crippen LogP) is 2.01. The van der Waals surface area contributed by atoms with Crippen LogP contribution in [-0.4, -0.2) is 45.7 Å². The van der Waals surface area contributed by atoms with Gasteiger partial charge in [0, 0.05) is 25.6 Å². The van der Waals surface area contributed by atoms with Gasteiger partial charge >= 0.3 is 0 Å². The van der Waals surface area contributed by atoms with E-state index in [0.717, 1.165) is 43.9 Å². The van der Waals surface area contributed by atoms with Gasteiger partial charge in [0.05, 0.1) is 12.4 Å². The molecule has 2 unspecified atom stereocenters. The first-order chi connectivity index (χ1) is 10.3. The molecule has 0 saturated carbocycles. The van der Waals surface area contributed by atoms with Crippen LogP contribution < -0.4 is 10.6 Å². The first kappa shape index (κ1) is 14.1. The predicted molar refractivity (Wildman–Crippen MR) is 82.5 cm³/mol. The van der Waals surface area contributed by atoms with Crippen LogP contribution in [0.3, 0.4) is 0 Å². The molecule has 21 heavy (non-hydrogen) atoms. The van der Waals surface area contributed by atoms with E-state index in [2.05, 4.69) is 44.4 Å². The number of H-pyrrole nitrogens is 1. The minimum atomic E-state index is 0.300. The summed E-state index contributed by atoms with van der Waals surface area (Å²) in [7, 11) is 0. The molecule has 1 saturated heterocycles. The van der Waals surface area contributed by atoms with E-state index in [1.165, 1.54) is 0 Å². The Labute approximate surface area is 123 Å². The fraction of sp³-hybridized carbons (Fsp3) is 0.643. The van der Waals surface area contributed by atoms with E-state index in [9.17, 15) is 0 Å². The summed E-state index contributed by atoms with van der Waals surface area (Å²) >= 11 is 0. The third-order valence-corrected chi connectivity index (χ3v) is 3.88. The van der Waals surface area contributed by atoms with Gasteiger partial charge in [-0.3, -0.25) is 0 Å². The van der Waals surface area contributed by atoms with Gasteiger partial charge in [-0.05, 0) is 19.8 Å². The molecule has 2 atom stereocenters. The van der Waals surface area contributed by atoms with Gasteiger partial charge in [-0.1, -0.05) is 6.92 Å². The fourth-order valence-electron chi connectivity index (χ4n) is 2.55. The van der Waals surface area contributed by atoms with Gasteiger partial charge in [-0.25, -0.2) is 4.98 Å². The maximum atomic E-state index is 5.60. The quantitative estimate of drug-likeness (QED) is 0.754. The highest BCUT2D eigenvalue weighted by atomic mass is 16.5. The van der Waals surface area contributed by atoms with Crippen LogP contribution in [-0.2, 0) is 4.74 Å². The molecule has 0 aromatic carbocycles. The fourth-order valence-corrected chi connectivity index (χ4v) is 2.55. The van der Waals surface area contributed by atoms with Gasteiger partial charge in [0.1, 0.15) is 5.52 Å². The van der Waals surface area contributed by atoms with Crippen LogP contribution in [0, 0.1) is 5.92 Å². The lowest BCUT2D eigenvalue weighted by Gasteiger charge is -2.15. The number of hydrogen-bond donors (Lipinski definition) is 3. The average molecular weight is 290 g/mol. The Morgan fingerprint density at radius 2 is 2.29 bits per heavy atom. The highest BCUT2D eigenvalue weighted by molar-refractivity contribution is 5.83. The van der Waals surface area contributed by atoms with Crippen molar-refractivity contribution < 1.29 is 4.74 Å². The van der Waals surface area contributed by atoms with Crippen LogP contribution in [0.4, 0.5) is 11.8 Å². The number of nitrogens with one attached hydrogen (secondary N) is 3. The molecule has 0 bridgehead atoms. The van der Waals surface area contributed by atoms with Crippen molar-refractivity contribution in [3.8, 4) is 0 Å². The molecule has 7 nitrogen and oxygen atoms in total. The van der Waals surface area contributed by atoms with E-state index in [0.29, 0.717) is 23.6 Å². The van der Waals surface area contributed by atoms with Crippen molar-refractivity contribution in [2.45, 2.75) is 32.8 Å². The Morgan fingerprint density at radius 1 is 1.38 bits per heavy atom. The summed E-state index contributed by atoms with van der Waals surface area (Å²) in [4.78, 5) is 16.3. The molecule has 1 aliphatic rings. The summed E-state index contributed by atoms with van der Waals surface area (Å²) in [5.41, 5.74) is 1.53. The molecule has 0 amide bonds. The van der Waals surface area contributed by atoms with Crippen molar-refractivity contribution in [1.82, 2.24) is 19.9 Å². The zero-order valence-corrected chi connectivity index (χ0v) is 12.5. The van der Waals surface area contributed by atoms with Crippen molar-refractivity contribution in [2.24, 2.45) is 5.92 Å². The number of nitrogens with zero attached hydrogens (tertiary/aromatic N) is 3. The second-order valence-corrected chi connectivity index (χ2v) is 5.43. The zero-order valence-electron chi connectivity index (χ0n) is 12.5. The normalized spacial score (nSPS) is 21.8. The van der Waals surface area contributed by atoms with E-state index in [1.807, 2.05) is 0 Å². The molecule has 0 radical (unpaired) electrons. The second-order valence-electron chi connectivity index (χ2n) is 5.43. The molecule has 3 heterocycles. The van der Waals surface area contributed by atoms with Crippen LogP contribution in [0.1, 0.15) is 26.7 Å². The first-order valence-corrected chi connectivity index (χ1v) is 7.58. The van der Waals surface area contributed by atoms with Gasteiger partial charge in [-0.2, -0.15) is 9.97 Å². The minimum absolute atomic E-state index is 0.300. The van der Waals surface area contributed by atoms with Gasteiger partial charge in [0.15, 0.2) is 11.5 Å². The van der Waals surface area contributed by atoms with Crippen LogP contribution in [0.15, 0.2) is 6.33 Å². The van der Waals surface area contributed by atoms with Crippen molar-refractivity contribution in [3.05, 3.63) is 6.33 Å². The van der Waals surface area contributed by atoms with Gasteiger partial charge < -0.3 is 20.4 Å². The molecule has 0 aliphatic carbocycles. The second kappa shape index (κ2) is 6.26. The summed E-state index contributed by atoms with van der Waals surface area (Å²) in [6.45, 7) is 6.78. The number of ether oxygens (including phenoxy) is 1. The molecule has 0 spiro atoms. The first-order valence-electron chi connectivity index (χ1n) is 7.58.